The molecule has 3 heteroatoms. The first-order valence-corrected chi connectivity index (χ1v) is 4.22. The zero-order chi connectivity index (χ0) is 8.32. The summed E-state index contributed by atoms with van der Waals surface area (Å²) in [5, 5.41) is 0. The van der Waals surface area contributed by atoms with E-state index in [-0.39, 0.29) is 0 Å². The zero-order valence-electron chi connectivity index (χ0n) is 6.65. The molecule has 66 valence electrons. The van der Waals surface area contributed by atoms with Gasteiger partial charge in [0.1, 0.15) is 0 Å². The number of rotatable bonds is 1. The Morgan fingerprint density at radius 1 is 1.00 bits per heavy atom. The number of halogens is 2. The Labute approximate surface area is 66.0 Å². The van der Waals surface area contributed by atoms with Gasteiger partial charge in [-0.3, -0.25) is 0 Å². The van der Waals surface area contributed by atoms with E-state index in [1.807, 2.05) is 0 Å². The van der Waals surface area contributed by atoms with Crippen molar-refractivity contribution < 1.29 is 8.78 Å². The van der Waals surface area contributed by atoms with E-state index in [0.29, 0.717) is 12.8 Å². The molecule has 0 bridgehead atoms. The highest BCUT2D eigenvalue weighted by molar-refractivity contribution is 4.88. The molecular formula is C8H15F2N. The minimum Gasteiger partial charge on any atom is -0.320 e. The van der Waals surface area contributed by atoms with Crippen LogP contribution in [0.25, 0.3) is 0 Å². The van der Waals surface area contributed by atoms with Crippen LogP contribution in [-0.2, 0) is 0 Å². The molecule has 0 aromatic heterocycles. The third-order valence-electron chi connectivity index (χ3n) is 2.47. The van der Waals surface area contributed by atoms with E-state index in [2.05, 4.69) is 0 Å². The highest BCUT2D eigenvalue weighted by atomic mass is 19.3. The summed E-state index contributed by atoms with van der Waals surface area (Å²) in [6.45, 7) is 0. The lowest BCUT2D eigenvalue weighted by atomic mass is 9.92. The van der Waals surface area contributed by atoms with Crippen LogP contribution in [0.15, 0.2) is 0 Å². The number of hydrogen-bond donors (Lipinski definition) is 1. The largest absolute Gasteiger partial charge is 0.320 e. The predicted molar refractivity (Wildman–Crippen MR) is 40.6 cm³/mol. The lowest BCUT2D eigenvalue weighted by Gasteiger charge is -2.26. The molecule has 0 unspecified atom stereocenters. The van der Waals surface area contributed by atoms with E-state index >= 15 is 0 Å². The SMILES string of the molecule is NC1(C(F)F)CCCCCC1. The predicted octanol–water partition coefficient (Wildman–Crippen LogP) is 2.30. The molecule has 0 aromatic carbocycles. The zero-order valence-corrected chi connectivity index (χ0v) is 6.65. The average molecular weight is 163 g/mol. The standard InChI is InChI=1S/C8H15F2N/c9-7(10)8(11)5-3-1-2-4-6-8/h7H,1-6,11H2. The Bertz CT molecular complexity index is 117. The van der Waals surface area contributed by atoms with Crippen LogP contribution in [0, 0.1) is 0 Å². The fourth-order valence-corrected chi connectivity index (χ4v) is 1.61. The Balaban J connectivity index is 2.52. The molecule has 0 aliphatic heterocycles. The highest BCUT2D eigenvalue weighted by Crippen LogP contribution is 2.29. The van der Waals surface area contributed by atoms with Crippen molar-refractivity contribution in [3.05, 3.63) is 0 Å². The summed E-state index contributed by atoms with van der Waals surface area (Å²) in [4.78, 5) is 0. The van der Waals surface area contributed by atoms with Gasteiger partial charge in [0.05, 0.1) is 5.54 Å². The van der Waals surface area contributed by atoms with Crippen molar-refractivity contribution in [1.29, 1.82) is 0 Å². The maximum atomic E-state index is 12.4. The van der Waals surface area contributed by atoms with E-state index in [4.69, 9.17) is 5.73 Å². The molecule has 0 amide bonds. The van der Waals surface area contributed by atoms with Gasteiger partial charge >= 0.3 is 0 Å². The van der Waals surface area contributed by atoms with Gasteiger partial charge in [0.2, 0.25) is 0 Å². The Morgan fingerprint density at radius 2 is 1.45 bits per heavy atom. The monoisotopic (exact) mass is 163 g/mol. The van der Waals surface area contributed by atoms with E-state index in [0.717, 1.165) is 25.7 Å². The first-order valence-electron chi connectivity index (χ1n) is 4.22. The van der Waals surface area contributed by atoms with E-state index in [1.165, 1.54) is 0 Å². The number of hydrogen-bond acceptors (Lipinski definition) is 1. The molecule has 1 nitrogen and oxygen atoms in total. The van der Waals surface area contributed by atoms with Gasteiger partial charge in [-0.2, -0.15) is 0 Å². The molecule has 1 aliphatic rings. The van der Waals surface area contributed by atoms with Crippen molar-refractivity contribution in [3.63, 3.8) is 0 Å². The third kappa shape index (κ3) is 2.12. The summed E-state index contributed by atoms with van der Waals surface area (Å²) in [5.74, 6) is 0. The minimum absolute atomic E-state index is 0.491. The Kier molecular flexibility index (Phi) is 2.82. The summed E-state index contributed by atoms with van der Waals surface area (Å²) < 4.78 is 24.7. The normalized spacial score (nSPS) is 25.1. The molecule has 1 aliphatic carbocycles. The smallest absolute Gasteiger partial charge is 0.256 e. The van der Waals surface area contributed by atoms with Gasteiger partial charge in [-0.25, -0.2) is 8.78 Å². The first kappa shape index (κ1) is 8.91. The molecule has 1 rings (SSSR count). The molecular weight excluding hydrogens is 148 g/mol. The summed E-state index contributed by atoms with van der Waals surface area (Å²) in [6, 6.07) is 0. The highest BCUT2D eigenvalue weighted by Gasteiger charge is 2.35. The van der Waals surface area contributed by atoms with Gasteiger partial charge in [0.15, 0.2) is 0 Å². The molecule has 1 saturated carbocycles. The average Bonchev–Trinajstić information content (AvgIpc) is 2.15. The van der Waals surface area contributed by atoms with Crippen molar-refractivity contribution in [3.8, 4) is 0 Å². The van der Waals surface area contributed by atoms with Crippen molar-refractivity contribution in [1.82, 2.24) is 0 Å². The van der Waals surface area contributed by atoms with Crippen molar-refractivity contribution in [2.75, 3.05) is 0 Å². The van der Waals surface area contributed by atoms with E-state index in [9.17, 15) is 8.78 Å². The molecule has 0 spiro atoms. The van der Waals surface area contributed by atoms with Crippen LogP contribution in [0.3, 0.4) is 0 Å². The molecule has 11 heavy (non-hydrogen) atoms. The second-order valence-corrected chi connectivity index (χ2v) is 3.45. The van der Waals surface area contributed by atoms with Crippen LogP contribution in [-0.4, -0.2) is 12.0 Å². The van der Waals surface area contributed by atoms with E-state index in [1.54, 1.807) is 0 Å². The maximum Gasteiger partial charge on any atom is 0.256 e. The third-order valence-corrected chi connectivity index (χ3v) is 2.47. The minimum atomic E-state index is -2.35. The second kappa shape index (κ2) is 3.48. The van der Waals surface area contributed by atoms with Gasteiger partial charge in [0.25, 0.3) is 6.43 Å². The molecule has 0 radical (unpaired) electrons. The second-order valence-electron chi connectivity index (χ2n) is 3.45. The summed E-state index contributed by atoms with van der Waals surface area (Å²) in [7, 11) is 0. The molecule has 0 atom stereocenters. The van der Waals surface area contributed by atoms with Gasteiger partial charge in [-0.1, -0.05) is 25.7 Å². The van der Waals surface area contributed by atoms with Gasteiger partial charge < -0.3 is 5.73 Å². The van der Waals surface area contributed by atoms with Crippen LogP contribution < -0.4 is 5.73 Å². The lowest BCUT2D eigenvalue weighted by molar-refractivity contribution is 0.0445. The first-order chi connectivity index (χ1) is 5.15. The number of nitrogens with two attached hydrogens (primary N) is 1. The van der Waals surface area contributed by atoms with Gasteiger partial charge in [0, 0.05) is 0 Å². The molecule has 2 N–H and O–H groups in total. The molecule has 0 saturated heterocycles. The van der Waals surface area contributed by atoms with Gasteiger partial charge in [-0.15, -0.1) is 0 Å². The van der Waals surface area contributed by atoms with Crippen LogP contribution in [0.1, 0.15) is 38.5 Å². The fourth-order valence-electron chi connectivity index (χ4n) is 1.61. The Hall–Kier alpha value is -0.180. The van der Waals surface area contributed by atoms with Crippen LogP contribution in [0.2, 0.25) is 0 Å². The molecule has 0 heterocycles. The van der Waals surface area contributed by atoms with Crippen molar-refractivity contribution >= 4 is 0 Å². The van der Waals surface area contributed by atoms with Gasteiger partial charge in [-0.05, 0) is 12.8 Å². The van der Waals surface area contributed by atoms with Crippen LogP contribution >= 0.6 is 0 Å². The van der Waals surface area contributed by atoms with Crippen LogP contribution in [0.4, 0.5) is 8.78 Å². The molecule has 1 fully saturated rings. The van der Waals surface area contributed by atoms with Crippen LogP contribution in [0.5, 0.6) is 0 Å². The van der Waals surface area contributed by atoms with E-state index < -0.39 is 12.0 Å². The van der Waals surface area contributed by atoms with Crippen molar-refractivity contribution in [2.24, 2.45) is 5.73 Å². The van der Waals surface area contributed by atoms with Crippen molar-refractivity contribution in [2.45, 2.75) is 50.5 Å². The molecule has 0 aromatic rings. The Morgan fingerprint density at radius 3 is 1.82 bits per heavy atom. The summed E-state index contributed by atoms with van der Waals surface area (Å²) >= 11 is 0. The quantitative estimate of drug-likeness (QED) is 0.590. The topological polar surface area (TPSA) is 26.0 Å². The maximum absolute atomic E-state index is 12.4. The summed E-state index contributed by atoms with van der Waals surface area (Å²) in [5.41, 5.74) is 4.38. The number of alkyl halides is 2. The fraction of sp³-hybridized carbons (Fsp3) is 1.00. The summed E-state index contributed by atoms with van der Waals surface area (Å²) in [6.07, 6.45) is 2.48. The lowest BCUT2D eigenvalue weighted by Crippen LogP contribution is -2.46.